The maximum absolute atomic E-state index is 9.88. The second-order valence-electron chi connectivity index (χ2n) is 6.17. The molecule has 0 aromatic carbocycles. The van der Waals surface area contributed by atoms with Crippen molar-refractivity contribution in [3.8, 4) is 0 Å². The number of hydrogen-bond acceptors (Lipinski definition) is 3. The lowest BCUT2D eigenvalue weighted by molar-refractivity contribution is -0.00958. The largest absolute Gasteiger partial charge is 0.389 e. The molecule has 1 aliphatic carbocycles. The molecule has 3 nitrogen and oxygen atoms in total. The summed E-state index contributed by atoms with van der Waals surface area (Å²) in [6.45, 7) is 7.59. The van der Waals surface area contributed by atoms with Crippen molar-refractivity contribution >= 4 is 0 Å². The molecule has 0 aliphatic heterocycles. The van der Waals surface area contributed by atoms with Crippen LogP contribution < -0.4 is 5.32 Å². The molecule has 0 aromatic rings. The first-order chi connectivity index (χ1) is 8.58. The van der Waals surface area contributed by atoms with Crippen LogP contribution in [0.25, 0.3) is 0 Å². The molecule has 2 atom stereocenters. The van der Waals surface area contributed by atoms with Crippen molar-refractivity contribution in [2.75, 3.05) is 13.2 Å². The van der Waals surface area contributed by atoms with E-state index in [0.29, 0.717) is 25.1 Å². The minimum Gasteiger partial charge on any atom is -0.389 e. The molecule has 1 aliphatic rings. The van der Waals surface area contributed by atoms with Gasteiger partial charge in [0.25, 0.3) is 0 Å². The number of aliphatic hydroxyl groups is 1. The lowest BCUT2D eigenvalue weighted by atomic mass is 9.95. The Morgan fingerprint density at radius 1 is 1.17 bits per heavy atom. The zero-order valence-electron chi connectivity index (χ0n) is 12.3. The fourth-order valence-corrected chi connectivity index (χ4v) is 2.68. The summed E-state index contributed by atoms with van der Waals surface area (Å²) in [7, 11) is 0. The molecule has 0 aromatic heterocycles. The van der Waals surface area contributed by atoms with Gasteiger partial charge in [-0.3, -0.25) is 0 Å². The summed E-state index contributed by atoms with van der Waals surface area (Å²) in [5.74, 6) is 0.650. The van der Waals surface area contributed by atoms with E-state index in [-0.39, 0.29) is 12.2 Å². The molecule has 0 bridgehead atoms. The molecule has 0 radical (unpaired) electrons. The lowest BCUT2D eigenvalue weighted by Crippen LogP contribution is -2.39. The number of rotatable bonds is 8. The predicted octanol–water partition coefficient (Wildman–Crippen LogP) is 2.72. The minimum absolute atomic E-state index is 0.245. The first kappa shape index (κ1) is 15.9. The Balaban J connectivity index is 2.04. The topological polar surface area (TPSA) is 41.5 Å². The third kappa shape index (κ3) is 7.34. The van der Waals surface area contributed by atoms with Gasteiger partial charge >= 0.3 is 0 Å². The molecule has 0 spiro atoms. The van der Waals surface area contributed by atoms with Crippen molar-refractivity contribution in [2.24, 2.45) is 5.92 Å². The van der Waals surface area contributed by atoms with Gasteiger partial charge in [-0.15, -0.1) is 0 Å². The highest BCUT2D eigenvalue weighted by atomic mass is 16.5. The van der Waals surface area contributed by atoms with Crippen LogP contribution in [-0.2, 0) is 4.74 Å². The summed E-state index contributed by atoms with van der Waals surface area (Å²) in [6, 6.07) is 0.612. The highest BCUT2D eigenvalue weighted by molar-refractivity contribution is 4.73. The molecule has 2 N–H and O–H groups in total. The molecular weight excluding hydrogens is 226 g/mol. The van der Waals surface area contributed by atoms with Crippen LogP contribution in [0.2, 0.25) is 0 Å². The first-order valence-corrected chi connectivity index (χ1v) is 7.61. The molecular formula is C15H31NO2. The zero-order valence-corrected chi connectivity index (χ0v) is 12.3. The van der Waals surface area contributed by atoms with Gasteiger partial charge in [-0.05, 0) is 32.1 Å². The van der Waals surface area contributed by atoms with E-state index in [0.717, 1.165) is 6.42 Å². The van der Waals surface area contributed by atoms with E-state index in [1.165, 1.54) is 32.1 Å². The molecule has 0 amide bonds. The van der Waals surface area contributed by atoms with Crippen LogP contribution in [0.1, 0.15) is 59.3 Å². The fraction of sp³-hybridized carbons (Fsp3) is 1.00. The Bertz CT molecular complexity index is 203. The van der Waals surface area contributed by atoms with Crippen molar-refractivity contribution in [3.05, 3.63) is 0 Å². The molecule has 0 heterocycles. The van der Waals surface area contributed by atoms with E-state index < -0.39 is 0 Å². The Kier molecular flexibility index (Phi) is 7.87. The van der Waals surface area contributed by atoms with E-state index in [9.17, 15) is 5.11 Å². The van der Waals surface area contributed by atoms with Crippen LogP contribution in [0.4, 0.5) is 0 Å². The Labute approximate surface area is 112 Å². The van der Waals surface area contributed by atoms with Gasteiger partial charge in [-0.1, -0.05) is 33.1 Å². The second kappa shape index (κ2) is 8.89. The Morgan fingerprint density at radius 3 is 2.44 bits per heavy atom. The third-order valence-corrected chi connectivity index (χ3v) is 3.62. The van der Waals surface area contributed by atoms with Crippen LogP contribution in [-0.4, -0.2) is 36.5 Å². The molecule has 1 fully saturated rings. The van der Waals surface area contributed by atoms with Crippen LogP contribution in [0.15, 0.2) is 0 Å². The Morgan fingerprint density at radius 2 is 1.83 bits per heavy atom. The van der Waals surface area contributed by atoms with E-state index >= 15 is 0 Å². The summed E-state index contributed by atoms with van der Waals surface area (Å²) in [5.41, 5.74) is 0. The van der Waals surface area contributed by atoms with Crippen LogP contribution in [0.5, 0.6) is 0 Å². The summed E-state index contributed by atoms with van der Waals surface area (Å²) < 4.78 is 5.66. The highest BCUT2D eigenvalue weighted by Gasteiger charge is 2.15. The van der Waals surface area contributed by atoms with Gasteiger partial charge in [0.15, 0.2) is 0 Å². The summed E-state index contributed by atoms with van der Waals surface area (Å²) in [5, 5.41) is 13.3. The maximum Gasteiger partial charge on any atom is 0.0897 e. The van der Waals surface area contributed by atoms with E-state index in [2.05, 4.69) is 26.1 Å². The molecule has 0 saturated heterocycles. The van der Waals surface area contributed by atoms with Gasteiger partial charge in [-0.25, -0.2) is 0 Å². The SMILES string of the molecule is CC(C)CC(C)OCC(O)CNC1CCCCC1. The fourth-order valence-electron chi connectivity index (χ4n) is 2.68. The third-order valence-electron chi connectivity index (χ3n) is 3.62. The first-order valence-electron chi connectivity index (χ1n) is 7.61. The number of aliphatic hydroxyl groups excluding tert-OH is 1. The average molecular weight is 257 g/mol. The van der Waals surface area contributed by atoms with Gasteiger partial charge in [0, 0.05) is 12.6 Å². The van der Waals surface area contributed by atoms with Crippen LogP contribution >= 0.6 is 0 Å². The van der Waals surface area contributed by atoms with Crippen molar-refractivity contribution < 1.29 is 9.84 Å². The standard InChI is InChI=1S/C15H31NO2/c1-12(2)9-13(3)18-11-15(17)10-16-14-7-5-4-6-8-14/h12-17H,4-11H2,1-3H3. The average Bonchev–Trinajstić information content (AvgIpc) is 2.34. The summed E-state index contributed by atoms with van der Waals surface area (Å²) in [6.07, 6.45) is 7.48. The van der Waals surface area contributed by atoms with E-state index in [1.54, 1.807) is 0 Å². The quantitative estimate of drug-likeness (QED) is 0.702. The molecule has 1 rings (SSSR count). The van der Waals surface area contributed by atoms with Gasteiger partial charge in [0.2, 0.25) is 0 Å². The minimum atomic E-state index is -0.374. The summed E-state index contributed by atoms with van der Waals surface area (Å²) >= 11 is 0. The van der Waals surface area contributed by atoms with Gasteiger partial charge in [0.1, 0.15) is 0 Å². The van der Waals surface area contributed by atoms with Gasteiger partial charge < -0.3 is 15.2 Å². The predicted molar refractivity (Wildman–Crippen MR) is 75.8 cm³/mol. The van der Waals surface area contributed by atoms with Crippen molar-refractivity contribution in [3.63, 3.8) is 0 Å². The van der Waals surface area contributed by atoms with Crippen LogP contribution in [0, 0.1) is 5.92 Å². The maximum atomic E-state index is 9.88. The van der Waals surface area contributed by atoms with Gasteiger partial charge in [-0.2, -0.15) is 0 Å². The van der Waals surface area contributed by atoms with Crippen molar-refractivity contribution in [2.45, 2.75) is 77.5 Å². The monoisotopic (exact) mass is 257 g/mol. The highest BCUT2D eigenvalue weighted by Crippen LogP contribution is 2.17. The number of hydrogen-bond donors (Lipinski definition) is 2. The number of nitrogens with one attached hydrogen (secondary N) is 1. The second-order valence-corrected chi connectivity index (χ2v) is 6.17. The Hall–Kier alpha value is -0.120. The molecule has 1 saturated carbocycles. The van der Waals surface area contributed by atoms with Gasteiger partial charge in [0.05, 0.1) is 18.8 Å². The van der Waals surface area contributed by atoms with Crippen molar-refractivity contribution in [1.29, 1.82) is 0 Å². The van der Waals surface area contributed by atoms with E-state index in [4.69, 9.17) is 4.74 Å². The van der Waals surface area contributed by atoms with Crippen molar-refractivity contribution in [1.82, 2.24) is 5.32 Å². The molecule has 2 unspecified atom stereocenters. The molecule has 3 heteroatoms. The number of ether oxygens (including phenoxy) is 1. The smallest absolute Gasteiger partial charge is 0.0897 e. The summed E-state index contributed by atoms with van der Waals surface area (Å²) in [4.78, 5) is 0. The zero-order chi connectivity index (χ0) is 13.4. The lowest BCUT2D eigenvalue weighted by Gasteiger charge is -2.25. The van der Waals surface area contributed by atoms with E-state index in [1.807, 2.05) is 0 Å². The molecule has 18 heavy (non-hydrogen) atoms. The normalized spacial score (nSPS) is 21.2. The van der Waals surface area contributed by atoms with Crippen LogP contribution in [0.3, 0.4) is 0 Å². The molecule has 108 valence electrons.